The van der Waals surface area contributed by atoms with Gasteiger partial charge in [-0.15, -0.1) is 0 Å². The fourth-order valence-corrected chi connectivity index (χ4v) is 8.58. The zero-order valence-corrected chi connectivity index (χ0v) is 37.1. The number of aliphatic hydroxyl groups is 4. The third kappa shape index (κ3) is 19.7. The predicted molar refractivity (Wildman–Crippen MR) is 246 cm³/mol. The van der Waals surface area contributed by atoms with Gasteiger partial charge in [0.2, 0.25) is 11.8 Å². The first-order valence-electron chi connectivity index (χ1n) is 23.0. The van der Waals surface area contributed by atoms with E-state index in [2.05, 4.69) is 79.1 Å². The summed E-state index contributed by atoms with van der Waals surface area (Å²) in [7, 11) is 0. The number of aryl methyl sites for hydroxylation is 2. The SMILES string of the molecule is CCNC(=O)CCC/C=C\C[C@@H]1[C@@H](/C=C/[C@@H](C)CCc2ccccc2)[C@H](C)C[C@@H]1O.CCNC(=O)CCC/C=C\C[C@@H]1[C@@H](/C=C/[C@@H](O)CCc2ccccc2)[C@H](O)C[C@@H]1O. The molecule has 8 heteroatoms. The van der Waals surface area contributed by atoms with Gasteiger partial charge in [-0.25, -0.2) is 0 Å². The highest BCUT2D eigenvalue weighted by Crippen LogP contribution is 2.41. The molecule has 2 aromatic rings. The van der Waals surface area contributed by atoms with Crippen molar-refractivity contribution in [1.82, 2.24) is 10.6 Å². The first-order valence-corrected chi connectivity index (χ1v) is 23.0. The highest BCUT2D eigenvalue weighted by atomic mass is 16.3. The molecule has 0 saturated heterocycles. The van der Waals surface area contributed by atoms with Crippen LogP contribution in [0.25, 0.3) is 0 Å². The molecule has 2 aliphatic rings. The number of hydrogen-bond acceptors (Lipinski definition) is 6. The number of carbonyl (C=O) groups excluding carboxylic acids is 2. The number of carbonyl (C=O) groups is 2. The molecule has 0 bridgehead atoms. The van der Waals surface area contributed by atoms with Gasteiger partial charge in [0.15, 0.2) is 0 Å². The maximum Gasteiger partial charge on any atom is 0.219 e. The highest BCUT2D eigenvalue weighted by molar-refractivity contribution is 5.76. The largest absolute Gasteiger partial charge is 0.393 e. The monoisotopic (exact) mass is 827 g/mol. The second kappa shape index (κ2) is 29.4. The molecule has 0 aliphatic heterocycles. The lowest BCUT2D eigenvalue weighted by molar-refractivity contribution is -0.121. The summed E-state index contributed by atoms with van der Waals surface area (Å²) in [6.45, 7) is 9.77. The minimum atomic E-state index is -0.589. The summed E-state index contributed by atoms with van der Waals surface area (Å²) in [5.74, 6) is 1.81. The fourth-order valence-electron chi connectivity index (χ4n) is 8.58. The van der Waals surface area contributed by atoms with E-state index in [9.17, 15) is 30.0 Å². The van der Waals surface area contributed by atoms with Gasteiger partial charge in [-0.3, -0.25) is 9.59 Å². The summed E-state index contributed by atoms with van der Waals surface area (Å²) in [6, 6.07) is 20.7. The van der Waals surface area contributed by atoms with Crippen molar-refractivity contribution in [2.75, 3.05) is 13.1 Å². The molecule has 0 radical (unpaired) electrons. The molecule has 8 nitrogen and oxygen atoms in total. The topological polar surface area (TPSA) is 139 Å². The Morgan fingerprint density at radius 2 is 1.15 bits per heavy atom. The fraction of sp³-hybridized carbons (Fsp3) is 0.577. The normalized spacial score (nSPS) is 25.2. The van der Waals surface area contributed by atoms with Crippen molar-refractivity contribution in [3.63, 3.8) is 0 Å². The number of nitrogens with one attached hydrogen (secondary N) is 2. The molecule has 0 aromatic heterocycles. The lowest BCUT2D eigenvalue weighted by Crippen LogP contribution is -2.21. The van der Waals surface area contributed by atoms with Crippen LogP contribution in [0, 0.1) is 35.5 Å². The quantitative estimate of drug-likeness (QED) is 0.0462. The number of allylic oxidation sites excluding steroid dienone is 6. The van der Waals surface area contributed by atoms with Crippen molar-refractivity contribution in [3.8, 4) is 0 Å². The van der Waals surface area contributed by atoms with E-state index in [1.807, 2.05) is 62.4 Å². The Morgan fingerprint density at radius 3 is 1.68 bits per heavy atom. The van der Waals surface area contributed by atoms with Gasteiger partial charge in [0, 0.05) is 38.3 Å². The summed E-state index contributed by atoms with van der Waals surface area (Å²) < 4.78 is 0. The van der Waals surface area contributed by atoms with Crippen LogP contribution in [0.4, 0.5) is 0 Å². The Kier molecular flexibility index (Phi) is 24.8. The molecule has 2 aliphatic carbocycles. The van der Waals surface area contributed by atoms with E-state index in [0.717, 1.165) is 57.8 Å². The van der Waals surface area contributed by atoms with Crippen LogP contribution in [0.2, 0.25) is 0 Å². The van der Waals surface area contributed by atoms with Gasteiger partial charge >= 0.3 is 0 Å². The van der Waals surface area contributed by atoms with Gasteiger partial charge < -0.3 is 31.1 Å². The third-order valence-electron chi connectivity index (χ3n) is 12.1. The summed E-state index contributed by atoms with van der Waals surface area (Å²) >= 11 is 0. The average molecular weight is 827 g/mol. The van der Waals surface area contributed by atoms with Crippen LogP contribution in [-0.2, 0) is 22.4 Å². The summed E-state index contributed by atoms with van der Waals surface area (Å²) in [5, 5.41) is 47.2. The van der Waals surface area contributed by atoms with Crippen LogP contribution in [0.5, 0.6) is 0 Å². The van der Waals surface area contributed by atoms with Crippen molar-refractivity contribution in [3.05, 3.63) is 120 Å². The maximum absolute atomic E-state index is 11.5. The summed E-state index contributed by atoms with van der Waals surface area (Å²) in [4.78, 5) is 22.9. The number of rotatable bonds is 24. The van der Waals surface area contributed by atoms with Crippen LogP contribution in [-0.4, -0.2) is 69.7 Å². The molecule has 2 amide bonds. The van der Waals surface area contributed by atoms with E-state index in [0.29, 0.717) is 68.9 Å². The van der Waals surface area contributed by atoms with E-state index in [4.69, 9.17) is 0 Å². The molecule has 2 fully saturated rings. The van der Waals surface area contributed by atoms with Gasteiger partial charge in [0.05, 0.1) is 24.4 Å². The van der Waals surface area contributed by atoms with Crippen LogP contribution >= 0.6 is 0 Å². The number of unbranched alkanes of at least 4 members (excludes halogenated alkanes) is 2. The first-order chi connectivity index (χ1) is 29.0. The van der Waals surface area contributed by atoms with Crippen molar-refractivity contribution >= 4 is 11.8 Å². The zero-order chi connectivity index (χ0) is 43.5. The van der Waals surface area contributed by atoms with Crippen molar-refractivity contribution < 1.29 is 30.0 Å². The van der Waals surface area contributed by atoms with E-state index in [1.165, 1.54) is 11.1 Å². The van der Waals surface area contributed by atoms with Gasteiger partial charge in [-0.1, -0.05) is 123 Å². The number of hydrogen-bond donors (Lipinski definition) is 6. The van der Waals surface area contributed by atoms with Crippen LogP contribution in [0.3, 0.4) is 0 Å². The van der Waals surface area contributed by atoms with Gasteiger partial charge in [-0.05, 0) is 125 Å². The smallest absolute Gasteiger partial charge is 0.219 e. The molecule has 10 atom stereocenters. The number of aliphatic hydroxyl groups excluding tert-OH is 4. The lowest BCUT2D eigenvalue weighted by Gasteiger charge is -2.20. The molecular formula is C52H78N2O6. The van der Waals surface area contributed by atoms with E-state index in [1.54, 1.807) is 6.08 Å². The average Bonchev–Trinajstić information content (AvgIpc) is 3.67. The summed E-state index contributed by atoms with van der Waals surface area (Å²) in [5.41, 5.74) is 2.59. The van der Waals surface area contributed by atoms with E-state index >= 15 is 0 Å². The third-order valence-corrected chi connectivity index (χ3v) is 12.1. The molecule has 60 heavy (non-hydrogen) atoms. The Labute approximate surface area is 362 Å². The van der Waals surface area contributed by atoms with E-state index < -0.39 is 18.3 Å². The molecule has 0 heterocycles. The summed E-state index contributed by atoms with van der Waals surface area (Å²) in [6.07, 6.45) is 26.0. The zero-order valence-electron chi connectivity index (χ0n) is 37.1. The minimum Gasteiger partial charge on any atom is -0.393 e. The van der Waals surface area contributed by atoms with Gasteiger partial charge in [0.25, 0.3) is 0 Å². The molecule has 6 N–H and O–H groups in total. The van der Waals surface area contributed by atoms with Crippen molar-refractivity contribution in [1.29, 1.82) is 0 Å². The number of benzene rings is 2. The van der Waals surface area contributed by atoms with Crippen LogP contribution in [0.1, 0.15) is 116 Å². The van der Waals surface area contributed by atoms with Crippen LogP contribution < -0.4 is 10.6 Å². The minimum absolute atomic E-state index is 0.0581. The molecule has 332 valence electrons. The second-order valence-corrected chi connectivity index (χ2v) is 17.1. The molecule has 0 spiro atoms. The second-order valence-electron chi connectivity index (χ2n) is 17.1. The van der Waals surface area contributed by atoms with Gasteiger partial charge in [-0.2, -0.15) is 0 Å². The number of amides is 2. The Bertz CT molecular complexity index is 1460. The predicted octanol–water partition coefficient (Wildman–Crippen LogP) is 8.84. The standard InChI is InChI=1S/C27H41NO2.C25H37NO4/c1-4-28-27(30)15-11-6-5-10-14-25-24(22(3)20-26(25)29)19-17-21(2)16-18-23-12-8-7-9-13-23;1-2-26-25(30)13-9-4-3-8-12-21-22(24(29)18-23(21)28)17-16-20(27)15-14-19-10-6-5-7-11-19/h5,7-10,12-13,17,19,21-22,24-26,29H,4,6,11,14-16,18,20H2,1-3H3,(H,28,30);3,5-8,10-11,16-17,20-24,27-29H,2,4,9,12-15,18H2,1H3,(H,26,30)/b10-5-,19-17+;8-3-,17-16+/t21-,22+,24-,25+,26-;20-,21+,22+,23-,24+/m00/s1. The molecule has 2 aromatic carbocycles. The Balaban J connectivity index is 0.000000320. The van der Waals surface area contributed by atoms with Crippen LogP contribution in [0.15, 0.2) is 109 Å². The molecular weight excluding hydrogens is 749 g/mol. The van der Waals surface area contributed by atoms with E-state index in [-0.39, 0.29) is 29.8 Å². The van der Waals surface area contributed by atoms with Crippen molar-refractivity contribution in [2.45, 2.75) is 142 Å². The molecule has 2 saturated carbocycles. The maximum atomic E-state index is 11.5. The first kappa shape index (κ1) is 50.5. The Morgan fingerprint density at radius 1 is 0.667 bits per heavy atom. The van der Waals surface area contributed by atoms with Crippen molar-refractivity contribution in [2.24, 2.45) is 35.5 Å². The highest BCUT2D eigenvalue weighted by Gasteiger charge is 2.39. The van der Waals surface area contributed by atoms with Gasteiger partial charge in [0.1, 0.15) is 0 Å². The molecule has 0 unspecified atom stereocenters. The molecule has 4 rings (SSSR count). The lowest BCUT2D eigenvalue weighted by atomic mass is 9.86. The Hall–Kier alpha value is -3.82.